The van der Waals surface area contributed by atoms with Crippen molar-refractivity contribution in [2.24, 2.45) is 28.7 Å². The van der Waals surface area contributed by atoms with Crippen LogP contribution in [0.1, 0.15) is 119 Å². The van der Waals surface area contributed by atoms with E-state index in [9.17, 15) is 67.1 Å². The summed E-state index contributed by atoms with van der Waals surface area (Å²) in [6, 6.07) is -1.50. The summed E-state index contributed by atoms with van der Waals surface area (Å²) < 4.78 is 10.2. The molecule has 0 radical (unpaired) electrons. The van der Waals surface area contributed by atoms with Gasteiger partial charge in [-0.15, -0.1) is 10.1 Å². The van der Waals surface area contributed by atoms with Gasteiger partial charge in [-0.2, -0.15) is 0 Å². The smallest absolute Gasteiger partial charge is 0.407 e. The molecule has 2 aliphatic heterocycles. The highest BCUT2D eigenvalue weighted by Crippen LogP contribution is 2.15. The van der Waals surface area contributed by atoms with Gasteiger partial charge in [-0.25, -0.2) is 19.2 Å². The van der Waals surface area contributed by atoms with E-state index < -0.39 is 120 Å². The fraction of sp³-hybridized carbons (Fsp3) is 0.689. The van der Waals surface area contributed by atoms with Gasteiger partial charge < -0.3 is 78.9 Å². The molecule has 14 N–H and O–H groups in total. The first-order valence-electron chi connectivity index (χ1n) is 24.2. The molecular formula is C45H77N13O18. The summed E-state index contributed by atoms with van der Waals surface area (Å²) in [6.07, 6.45) is 0.378. The molecule has 31 heteroatoms. The highest BCUT2D eigenvalue weighted by Gasteiger charge is 2.36. The Hall–Kier alpha value is -7.54. The zero-order chi connectivity index (χ0) is 58.3. The molecule has 430 valence electrons. The molecule has 2 unspecified atom stereocenters. The molecule has 0 spiro atoms. The van der Waals surface area contributed by atoms with E-state index in [2.05, 4.69) is 27.0 Å². The number of imide groups is 2. The molecule has 0 aromatic heterocycles. The molecule has 31 nitrogen and oxygen atoms in total. The maximum atomic E-state index is 12.8. The minimum Gasteiger partial charge on any atom is -0.444 e. The van der Waals surface area contributed by atoms with E-state index >= 15 is 0 Å². The van der Waals surface area contributed by atoms with Gasteiger partial charge in [0, 0.05) is 64.7 Å². The van der Waals surface area contributed by atoms with Crippen molar-refractivity contribution in [2.75, 3.05) is 59.4 Å². The second-order valence-electron chi connectivity index (χ2n) is 18.7. The third-order valence-electron chi connectivity index (χ3n) is 9.69. The lowest BCUT2D eigenvalue weighted by Gasteiger charge is -2.23. The number of unbranched alkanes of at least 4 members (excludes halogenated alkanes) is 2. The lowest BCUT2D eigenvalue weighted by molar-refractivity contribution is -0.201. The third-order valence-corrected chi connectivity index (χ3v) is 9.69. The Labute approximate surface area is 439 Å². The number of carbonyl (C=O) groups excluding carboxylic acids is 14. The van der Waals surface area contributed by atoms with Gasteiger partial charge in [-0.3, -0.25) is 47.9 Å². The summed E-state index contributed by atoms with van der Waals surface area (Å²) in [6.45, 7) is 7.84. The van der Waals surface area contributed by atoms with E-state index in [1.54, 1.807) is 41.5 Å². The molecule has 2 atom stereocenters. The predicted molar refractivity (Wildman–Crippen MR) is 263 cm³/mol. The molecule has 0 saturated carbocycles. The van der Waals surface area contributed by atoms with Crippen molar-refractivity contribution in [1.82, 2.24) is 41.2 Å². The maximum Gasteiger partial charge on any atom is 0.407 e. The Morgan fingerprint density at radius 1 is 0.500 bits per heavy atom. The van der Waals surface area contributed by atoms with E-state index in [1.807, 2.05) is 0 Å². The van der Waals surface area contributed by atoms with E-state index in [4.69, 9.17) is 42.1 Å². The van der Waals surface area contributed by atoms with Crippen LogP contribution >= 0.6 is 0 Å². The number of nitrogens with one attached hydrogen (secondary N) is 4. The van der Waals surface area contributed by atoms with Crippen LogP contribution in [-0.4, -0.2) is 186 Å². The van der Waals surface area contributed by atoms with Gasteiger partial charge in [-0.05, 0) is 87.1 Å². The van der Waals surface area contributed by atoms with Crippen LogP contribution in [0.5, 0.6) is 0 Å². The molecule has 0 aromatic carbocycles. The van der Waals surface area contributed by atoms with Gasteiger partial charge in [0.25, 0.3) is 23.6 Å². The standard InChI is InChI=1S/C24H46N8O7.C20H26N4O11.CH5N/c1-24(2,3)39-23(38)31-13-10-20(35)32(14-18(33)29-11-6-4-8-16(25)21(27)36)15-19(34)30-12-7-5-9-17(26)22(28)37;1-20(2,3)33-19(32)21-9-8-12(25)22(10-17(30)34-23-13(26)4-5-14(23)27)11-18(31)35-24-15(28)6-7-16(24)29;1-2/h16-17H,4-15,25-26H2,1-3H3,(H2,27,36)(H2,28,37)(H,29,33)(H,30,34)(H,31,38);4-11H2,1-3H3,(H,21,32);2H2,1H3. The quantitative estimate of drug-likeness (QED) is 0.0270. The molecule has 12 amide bonds. The lowest BCUT2D eigenvalue weighted by Crippen LogP contribution is -2.47. The van der Waals surface area contributed by atoms with Crippen LogP contribution in [0, 0.1) is 0 Å². The molecule has 2 heterocycles. The van der Waals surface area contributed by atoms with E-state index in [0.717, 1.165) is 4.90 Å². The number of nitrogens with zero attached hydrogens (tertiary/aromatic N) is 4. The number of hydroxylamine groups is 4. The molecule has 0 aromatic rings. The number of rotatable bonds is 28. The number of carbonyl (C=O) groups is 14. The van der Waals surface area contributed by atoms with Crippen LogP contribution < -0.4 is 49.9 Å². The molecule has 2 rings (SSSR count). The van der Waals surface area contributed by atoms with E-state index in [1.165, 1.54) is 7.05 Å². The van der Waals surface area contributed by atoms with Crippen molar-refractivity contribution in [1.29, 1.82) is 0 Å². The van der Waals surface area contributed by atoms with Crippen LogP contribution in [0.2, 0.25) is 0 Å². The molecular weight excluding hydrogens is 1010 g/mol. The number of alkyl carbamates (subject to hydrolysis) is 2. The fourth-order valence-electron chi connectivity index (χ4n) is 6.02. The minimum absolute atomic E-state index is 0.0479. The highest BCUT2D eigenvalue weighted by molar-refractivity contribution is 6.02. The lowest BCUT2D eigenvalue weighted by atomic mass is 10.1. The first-order valence-corrected chi connectivity index (χ1v) is 24.2. The summed E-state index contributed by atoms with van der Waals surface area (Å²) in [5, 5.41) is 10.7. The molecule has 0 bridgehead atoms. The van der Waals surface area contributed by atoms with Crippen LogP contribution in [0.25, 0.3) is 0 Å². The zero-order valence-corrected chi connectivity index (χ0v) is 44.3. The van der Waals surface area contributed by atoms with Crippen molar-refractivity contribution >= 4 is 83.2 Å². The summed E-state index contributed by atoms with van der Waals surface area (Å²) in [4.78, 5) is 178. The zero-order valence-electron chi connectivity index (χ0n) is 44.3. The van der Waals surface area contributed by atoms with Crippen LogP contribution in [0.15, 0.2) is 0 Å². The number of hydrogen-bond acceptors (Lipinski definition) is 21. The summed E-state index contributed by atoms with van der Waals surface area (Å²) in [7, 11) is 1.50. The number of hydrogen-bond donors (Lipinski definition) is 9. The number of primary amides is 2. The van der Waals surface area contributed by atoms with Gasteiger partial charge in [-0.1, -0.05) is 0 Å². The van der Waals surface area contributed by atoms with Crippen molar-refractivity contribution in [3.63, 3.8) is 0 Å². The van der Waals surface area contributed by atoms with Crippen LogP contribution in [-0.2, 0) is 76.7 Å². The first-order chi connectivity index (χ1) is 35.4. The molecule has 2 fully saturated rings. The number of ether oxygens (including phenoxy) is 2. The Balaban J connectivity index is 0.00000144. The Bertz CT molecular complexity index is 1930. The first kappa shape index (κ1) is 68.5. The van der Waals surface area contributed by atoms with Gasteiger partial charge in [0.2, 0.25) is 35.4 Å². The predicted octanol–water partition coefficient (Wildman–Crippen LogP) is -3.55. The largest absolute Gasteiger partial charge is 0.444 e. The molecule has 2 aliphatic rings. The van der Waals surface area contributed by atoms with Gasteiger partial charge in [0.15, 0.2) is 0 Å². The van der Waals surface area contributed by atoms with Crippen molar-refractivity contribution in [2.45, 2.75) is 142 Å². The van der Waals surface area contributed by atoms with Crippen molar-refractivity contribution < 1.29 is 86.3 Å². The average Bonchev–Trinajstić information content (AvgIpc) is 3.80. The van der Waals surface area contributed by atoms with Crippen LogP contribution in [0.3, 0.4) is 0 Å². The summed E-state index contributed by atoms with van der Waals surface area (Å²) >= 11 is 0. The van der Waals surface area contributed by atoms with Crippen LogP contribution in [0.4, 0.5) is 9.59 Å². The second-order valence-corrected chi connectivity index (χ2v) is 18.7. The van der Waals surface area contributed by atoms with Gasteiger partial charge in [0.05, 0.1) is 12.1 Å². The van der Waals surface area contributed by atoms with Crippen molar-refractivity contribution in [3.05, 3.63) is 0 Å². The normalized spacial score (nSPS) is 13.8. The SMILES string of the molecule is CC(C)(C)OC(=O)NCCC(=O)N(CC(=O)NCCCCC(N)C(N)=O)CC(=O)NCCCCC(N)C(N)=O.CC(C)(C)OC(=O)NCCC(=O)N(CC(=O)ON1C(=O)CCC1=O)CC(=O)ON1C(=O)CCC1=O.CN. The molecule has 76 heavy (non-hydrogen) atoms. The topological polar surface area (TPSA) is 467 Å². The van der Waals surface area contributed by atoms with E-state index in [-0.39, 0.29) is 87.9 Å². The molecule has 2 saturated heterocycles. The monoisotopic (exact) mass is 1090 g/mol. The van der Waals surface area contributed by atoms with Gasteiger partial charge in [0.1, 0.15) is 37.4 Å². The Kier molecular flexibility index (Phi) is 31.4. The van der Waals surface area contributed by atoms with E-state index in [0.29, 0.717) is 43.4 Å². The maximum absolute atomic E-state index is 12.8. The van der Waals surface area contributed by atoms with Crippen molar-refractivity contribution in [3.8, 4) is 0 Å². The second kappa shape index (κ2) is 34.9. The molecule has 0 aliphatic carbocycles. The Morgan fingerprint density at radius 2 is 0.803 bits per heavy atom. The fourth-order valence-corrected chi connectivity index (χ4v) is 6.02. The number of amides is 12. The average molecular weight is 1090 g/mol. The van der Waals surface area contributed by atoms with Gasteiger partial charge >= 0.3 is 24.1 Å². The minimum atomic E-state index is -1.21. The Morgan fingerprint density at radius 3 is 1.09 bits per heavy atom. The number of nitrogens with two attached hydrogens (primary N) is 5. The highest BCUT2D eigenvalue weighted by atomic mass is 16.7. The summed E-state index contributed by atoms with van der Waals surface area (Å²) in [5.74, 6) is -8.87. The summed E-state index contributed by atoms with van der Waals surface area (Å²) in [5.41, 5.74) is 24.4. The third kappa shape index (κ3) is 30.6.